The van der Waals surface area contributed by atoms with Crippen molar-refractivity contribution in [3.63, 3.8) is 0 Å². The van der Waals surface area contributed by atoms with Crippen molar-refractivity contribution in [1.29, 1.82) is 0 Å². The number of nitrogens with one attached hydrogen (secondary N) is 1. The summed E-state index contributed by atoms with van der Waals surface area (Å²) in [6.45, 7) is 1.73. The summed E-state index contributed by atoms with van der Waals surface area (Å²) in [4.78, 5) is 22.6. The molecule has 1 rings (SSSR count). The van der Waals surface area contributed by atoms with Crippen LogP contribution in [0.1, 0.15) is 17.9 Å². The summed E-state index contributed by atoms with van der Waals surface area (Å²) in [5.74, 6) is -0.0826. The molecule has 0 fully saturated rings. The van der Waals surface area contributed by atoms with Crippen molar-refractivity contribution in [2.45, 2.75) is 25.8 Å². The Morgan fingerprint density at radius 2 is 2.33 bits per heavy atom. The second-order valence-corrected chi connectivity index (χ2v) is 4.83. The molecule has 0 spiro atoms. The zero-order valence-corrected chi connectivity index (χ0v) is 11.1. The Morgan fingerprint density at radius 1 is 1.61 bits per heavy atom. The molecule has 1 amide bonds. The number of nitrogens with zero attached hydrogens (tertiary/aromatic N) is 1. The van der Waals surface area contributed by atoms with E-state index in [0.717, 1.165) is 0 Å². The minimum Gasteiger partial charge on any atom is -0.480 e. The molecule has 1 aromatic heterocycles. The van der Waals surface area contributed by atoms with Gasteiger partial charge in [0.2, 0.25) is 5.91 Å². The van der Waals surface area contributed by atoms with Gasteiger partial charge >= 0.3 is 5.97 Å². The van der Waals surface area contributed by atoms with Gasteiger partial charge in [-0.05, 0) is 25.4 Å². The number of hydrogen-bond acceptors (Lipinski definition) is 5. The van der Waals surface area contributed by atoms with E-state index < -0.39 is 12.0 Å². The number of aryl methyl sites for hydroxylation is 1. The van der Waals surface area contributed by atoms with E-state index in [9.17, 15) is 9.59 Å². The highest BCUT2D eigenvalue weighted by molar-refractivity contribution is 7.98. The lowest BCUT2D eigenvalue weighted by molar-refractivity contribution is -0.141. The maximum atomic E-state index is 11.6. The fraction of sp³-hybridized carbons (Fsp3) is 0.545. The van der Waals surface area contributed by atoms with Gasteiger partial charge in [-0.3, -0.25) is 4.79 Å². The predicted molar refractivity (Wildman–Crippen MR) is 67.5 cm³/mol. The van der Waals surface area contributed by atoms with Gasteiger partial charge in [-0.25, -0.2) is 4.79 Å². The largest absolute Gasteiger partial charge is 0.480 e. The van der Waals surface area contributed by atoms with Crippen LogP contribution in [0.15, 0.2) is 10.6 Å². The number of hydrogen-bond donors (Lipinski definition) is 2. The number of carboxylic acid groups (broad SMARTS) is 1. The van der Waals surface area contributed by atoms with Gasteiger partial charge in [0.05, 0.1) is 12.1 Å². The highest BCUT2D eigenvalue weighted by Gasteiger charge is 2.19. The average molecular weight is 272 g/mol. The first-order chi connectivity index (χ1) is 8.52. The second kappa shape index (κ2) is 7.05. The first-order valence-electron chi connectivity index (χ1n) is 5.46. The molecule has 1 atom stereocenters. The van der Waals surface area contributed by atoms with Gasteiger partial charge in [-0.2, -0.15) is 11.8 Å². The summed E-state index contributed by atoms with van der Waals surface area (Å²) < 4.78 is 4.83. The Labute approximate surface area is 109 Å². The summed E-state index contributed by atoms with van der Waals surface area (Å²) in [7, 11) is 0. The molecule has 2 N–H and O–H groups in total. The highest BCUT2D eigenvalue weighted by atomic mass is 32.2. The number of amides is 1. The SMILES string of the molecule is CSCC[C@H](NC(=O)Cc1cc(C)on1)C(=O)O. The van der Waals surface area contributed by atoms with E-state index in [2.05, 4.69) is 10.5 Å². The van der Waals surface area contributed by atoms with Crippen LogP contribution in [-0.2, 0) is 16.0 Å². The van der Waals surface area contributed by atoms with Crippen LogP contribution in [0.5, 0.6) is 0 Å². The molecule has 0 aliphatic heterocycles. The van der Waals surface area contributed by atoms with Gasteiger partial charge in [0, 0.05) is 6.07 Å². The lowest BCUT2D eigenvalue weighted by Crippen LogP contribution is -2.41. The summed E-state index contributed by atoms with van der Waals surface area (Å²) in [6.07, 6.45) is 2.32. The molecule has 7 heteroatoms. The zero-order chi connectivity index (χ0) is 13.5. The van der Waals surface area contributed by atoms with E-state index in [1.165, 1.54) is 11.8 Å². The monoisotopic (exact) mass is 272 g/mol. The molecule has 0 radical (unpaired) electrons. The Morgan fingerprint density at radius 3 is 2.83 bits per heavy atom. The van der Waals surface area contributed by atoms with Crippen LogP contribution in [0, 0.1) is 6.92 Å². The molecule has 6 nitrogen and oxygen atoms in total. The Balaban J connectivity index is 2.48. The number of carbonyl (C=O) groups excluding carboxylic acids is 1. The minimum atomic E-state index is -1.02. The first-order valence-corrected chi connectivity index (χ1v) is 6.85. The topological polar surface area (TPSA) is 92.4 Å². The fourth-order valence-corrected chi connectivity index (χ4v) is 1.88. The maximum absolute atomic E-state index is 11.6. The summed E-state index contributed by atoms with van der Waals surface area (Å²) in [5, 5.41) is 15.1. The maximum Gasteiger partial charge on any atom is 0.326 e. The third kappa shape index (κ3) is 4.79. The van der Waals surface area contributed by atoms with Crippen molar-refractivity contribution < 1.29 is 19.2 Å². The van der Waals surface area contributed by atoms with Crippen molar-refractivity contribution in [3.05, 3.63) is 17.5 Å². The smallest absolute Gasteiger partial charge is 0.326 e. The molecule has 1 aromatic rings. The number of thioether (sulfide) groups is 1. The van der Waals surface area contributed by atoms with Crippen molar-refractivity contribution in [2.75, 3.05) is 12.0 Å². The number of aliphatic carboxylic acids is 1. The van der Waals surface area contributed by atoms with Gasteiger partial charge in [0.25, 0.3) is 0 Å². The van der Waals surface area contributed by atoms with E-state index in [4.69, 9.17) is 9.63 Å². The number of aromatic nitrogens is 1. The van der Waals surface area contributed by atoms with Gasteiger partial charge in [0.15, 0.2) is 0 Å². The Bertz CT molecular complexity index is 419. The summed E-state index contributed by atoms with van der Waals surface area (Å²) in [6, 6.07) is 0.801. The zero-order valence-electron chi connectivity index (χ0n) is 10.3. The molecule has 0 saturated carbocycles. The van der Waals surface area contributed by atoms with Crippen LogP contribution in [0.25, 0.3) is 0 Å². The summed E-state index contributed by atoms with van der Waals surface area (Å²) in [5.41, 5.74) is 0.499. The summed E-state index contributed by atoms with van der Waals surface area (Å²) >= 11 is 1.54. The van der Waals surface area contributed by atoms with Crippen molar-refractivity contribution >= 4 is 23.6 Å². The Kier molecular flexibility index (Phi) is 5.70. The quantitative estimate of drug-likeness (QED) is 0.764. The van der Waals surface area contributed by atoms with E-state index in [1.807, 2.05) is 6.26 Å². The van der Waals surface area contributed by atoms with Crippen LogP contribution >= 0.6 is 11.8 Å². The van der Waals surface area contributed by atoms with E-state index >= 15 is 0 Å². The lowest BCUT2D eigenvalue weighted by atomic mass is 10.2. The molecule has 0 bridgehead atoms. The van der Waals surface area contributed by atoms with Crippen LogP contribution in [0.3, 0.4) is 0 Å². The van der Waals surface area contributed by atoms with Crippen LogP contribution in [-0.4, -0.2) is 40.2 Å². The van der Waals surface area contributed by atoms with Gasteiger partial charge in [-0.1, -0.05) is 5.16 Å². The molecule has 0 unspecified atom stereocenters. The molecule has 1 heterocycles. The van der Waals surface area contributed by atoms with Crippen molar-refractivity contribution in [2.24, 2.45) is 0 Å². The molecular formula is C11H16N2O4S. The molecule has 0 aliphatic carbocycles. The van der Waals surface area contributed by atoms with Gasteiger partial charge in [0.1, 0.15) is 11.8 Å². The van der Waals surface area contributed by atoms with Crippen LogP contribution < -0.4 is 5.32 Å². The van der Waals surface area contributed by atoms with Crippen LogP contribution in [0.4, 0.5) is 0 Å². The number of carboxylic acids is 1. The molecule has 0 aromatic carbocycles. The molecule has 0 saturated heterocycles. The van der Waals surface area contributed by atoms with E-state index in [-0.39, 0.29) is 12.3 Å². The van der Waals surface area contributed by atoms with Crippen molar-refractivity contribution in [3.8, 4) is 0 Å². The van der Waals surface area contributed by atoms with Crippen LogP contribution in [0.2, 0.25) is 0 Å². The minimum absolute atomic E-state index is 0.0282. The highest BCUT2D eigenvalue weighted by Crippen LogP contribution is 2.04. The van der Waals surface area contributed by atoms with Gasteiger partial charge < -0.3 is 14.9 Å². The number of carbonyl (C=O) groups is 2. The first kappa shape index (κ1) is 14.6. The molecule has 18 heavy (non-hydrogen) atoms. The third-order valence-corrected chi connectivity index (χ3v) is 2.91. The van der Waals surface area contributed by atoms with Gasteiger partial charge in [-0.15, -0.1) is 0 Å². The third-order valence-electron chi connectivity index (χ3n) is 2.26. The predicted octanol–water partition coefficient (Wildman–Crippen LogP) is 0.848. The van der Waals surface area contributed by atoms with E-state index in [0.29, 0.717) is 23.6 Å². The average Bonchev–Trinajstić information content (AvgIpc) is 2.69. The molecular weight excluding hydrogens is 256 g/mol. The normalized spacial score (nSPS) is 12.1. The standard InChI is InChI=1S/C11H16N2O4S/c1-7-5-8(13-17-7)6-10(14)12-9(11(15)16)3-4-18-2/h5,9H,3-4,6H2,1-2H3,(H,12,14)(H,15,16)/t9-/m0/s1. The number of rotatable bonds is 7. The Hall–Kier alpha value is -1.50. The second-order valence-electron chi connectivity index (χ2n) is 3.85. The van der Waals surface area contributed by atoms with E-state index in [1.54, 1.807) is 13.0 Å². The molecule has 0 aliphatic rings. The van der Waals surface area contributed by atoms with Crippen molar-refractivity contribution in [1.82, 2.24) is 10.5 Å². The lowest BCUT2D eigenvalue weighted by Gasteiger charge is -2.13. The molecule has 100 valence electrons. The fourth-order valence-electron chi connectivity index (χ4n) is 1.40.